The molecule has 1 saturated carbocycles. The Hall–Kier alpha value is -1.07. The van der Waals surface area contributed by atoms with Gasteiger partial charge in [-0.05, 0) is 26.2 Å². The van der Waals surface area contributed by atoms with Crippen LogP contribution in [0.5, 0.6) is 0 Å². The van der Waals surface area contributed by atoms with Gasteiger partial charge in [-0.2, -0.15) is 0 Å². The molecule has 1 aliphatic carbocycles. The molecule has 0 saturated heterocycles. The first-order chi connectivity index (χ1) is 7.14. The predicted molar refractivity (Wildman–Crippen MR) is 60.2 cm³/mol. The molecule has 0 aromatic carbocycles. The minimum Gasteiger partial charge on any atom is -0.382 e. The monoisotopic (exact) mass is 206 g/mol. The van der Waals surface area contributed by atoms with Crippen molar-refractivity contribution in [1.29, 1.82) is 0 Å². The van der Waals surface area contributed by atoms with Crippen molar-refractivity contribution in [3.63, 3.8) is 0 Å². The smallest absolute Gasteiger partial charge is 0.168 e. The van der Waals surface area contributed by atoms with Crippen molar-refractivity contribution in [2.45, 2.75) is 44.6 Å². The largest absolute Gasteiger partial charge is 0.382 e. The Kier molecular flexibility index (Phi) is 4.11. The van der Waals surface area contributed by atoms with Gasteiger partial charge in [0.25, 0.3) is 0 Å². The van der Waals surface area contributed by atoms with E-state index in [1.54, 1.807) is 13.0 Å². The molecule has 0 aromatic heterocycles. The number of aliphatic hydroxyl groups is 1. The molecule has 15 heavy (non-hydrogen) atoms. The Morgan fingerprint density at radius 2 is 2.47 bits per heavy atom. The van der Waals surface area contributed by atoms with E-state index in [4.69, 9.17) is 0 Å². The number of hydrogen-bond acceptors (Lipinski definition) is 2. The molecule has 0 radical (unpaired) electrons. The summed E-state index contributed by atoms with van der Waals surface area (Å²) in [5.74, 6) is 5.58. The topological polar surface area (TPSA) is 37.3 Å². The van der Waals surface area contributed by atoms with Crippen LogP contribution in [0.1, 0.15) is 39.0 Å². The van der Waals surface area contributed by atoms with Gasteiger partial charge >= 0.3 is 0 Å². The van der Waals surface area contributed by atoms with E-state index in [2.05, 4.69) is 18.4 Å². The van der Waals surface area contributed by atoms with Crippen molar-refractivity contribution in [2.24, 2.45) is 5.92 Å². The fraction of sp³-hybridized carbons (Fsp3) is 0.615. The second kappa shape index (κ2) is 5.14. The molecular weight excluding hydrogens is 188 g/mol. The van der Waals surface area contributed by atoms with Crippen LogP contribution in [0.15, 0.2) is 12.7 Å². The summed E-state index contributed by atoms with van der Waals surface area (Å²) in [6.45, 7) is 5.35. The van der Waals surface area contributed by atoms with Crippen LogP contribution in [0.3, 0.4) is 0 Å². The van der Waals surface area contributed by atoms with Gasteiger partial charge in [0.15, 0.2) is 5.78 Å². The van der Waals surface area contributed by atoms with E-state index in [9.17, 15) is 9.90 Å². The number of carbonyl (C=O) groups is 1. The van der Waals surface area contributed by atoms with Gasteiger partial charge in [-0.15, -0.1) is 18.4 Å². The lowest BCUT2D eigenvalue weighted by molar-refractivity contribution is -0.145. The zero-order valence-electron chi connectivity index (χ0n) is 9.25. The molecule has 82 valence electrons. The Morgan fingerprint density at radius 3 is 3.07 bits per heavy atom. The normalized spacial score (nSPS) is 30.5. The van der Waals surface area contributed by atoms with Gasteiger partial charge in [0.2, 0.25) is 0 Å². The van der Waals surface area contributed by atoms with Crippen LogP contribution in [0, 0.1) is 17.8 Å². The zero-order valence-corrected chi connectivity index (χ0v) is 9.25. The third-order valence-electron chi connectivity index (χ3n) is 2.98. The third kappa shape index (κ3) is 2.70. The van der Waals surface area contributed by atoms with Crippen molar-refractivity contribution in [2.75, 3.05) is 0 Å². The molecule has 2 nitrogen and oxygen atoms in total. The van der Waals surface area contributed by atoms with Gasteiger partial charge in [-0.25, -0.2) is 0 Å². The minimum absolute atomic E-state index is 0.0450. The first kappa shape index (κ1) is 12.0. The highest BCUT2D eigenvalue weighted by Gasteiger charge is 2.41. The first-order valence-corrected chi connectivity index (χ1v) is 5.41. The quantitative estimate of drug-likeness (QED) is 0.567. The predicted octanol–water partition coefficient (Wildman–Crippen LogP) is 2.08. The van der Waals surface area contributed by atoms with Crippen LogP contribution >= 0.6 is 0 Å². The minimum atomic E-state index is -1.17. The van der Waals surface area contributed by atoms with E-state index >= 15 is 0 Å². The molecule has 1 rings (SSSR count). The average Bonchev–Trinajstić information content (AvgIpc) is 2.21. The van der Waals surface area contributed by atoms with Gasteiger partial charge in [0, 0.05) is 18.8 Å². The molecule has 0 aromatic rings. The molecule has 2 heteroatoms. The highest BCUT2D eigenvalue weighted by Crippen LogP contribution is 2.33. The Bertz CT molecular complexity index is 308. The Labute approximate surface area is 91.4 Å². The van der Waals surface area contributed by atoms with Crippen LogP contribution in [0.2, 0.25) is 0 Å². The molecule has 1 aliphatic rings. The standard InChI is InChI=1S/C13H18O2/c1-3-5-7-11-8-6-10-13(15,9-4-2)12(11)14/h4,11,15H,2,6-10H2,1H3/t11-,13-/m1/s1. The lowest BCUT2D eigenvalue weighted by atomic mass is 9.74. The van der Waals surface area contributed by atoms with Crippen molar-refractivity contribution in [3.05, 3.63) is 12.7 Å². The summed E-state index contributed by atoms with van der Waals surface area (Å²) in [7, 11) is 0. The maximum absolute atomic E-state index is 12.0. The van der Waals surface area contributed by atoms with Gasteiger partial charge in [-0.1, -0.05) is 6.08 Å². The van der Waals surface area contributed by atoms with Crippen LogP contribution in [-0.4, -0.2) is 16.5 Å². The fourth-order valence-electron chi connectivity index (χ4n) is 2.14. The van der Waals surface area contributed by atoms with Crippen molar-refractivity contribution >= 4 is 5.78 Å². The van der Waals surface area contributed by atoms with Crippen molar-refractivity contribution < 1.29 is 9.90 Å². The van der Waals surface area contributed by atoms with Gasteiger partial charge in [-0.3, -0.25) is 4.79 Å². The summed E-state index contributed by atoms with van der Waals surface area (Å²) < 4.78 is 0. The average molecular weight is 206 g/mol. The van der Waals surface area contributed by atoms with Crippen LogP contribution in [0.25, 0.3) is 0 Å². The molecule has 0 amide bonds. The molecule has 0 heterocycles. The zero-order chi connectivity index (χ0) is 11.3. The molecule has 1 fully saturated rings. The van der Waals surface area contributed by atoms with Gasteiger partial charge < -0.3 is 5.11 Å². The number of rotatable bonds is 3. The van der Waals surface area contributed by atoms with Crippen LogP contribution in [-0.2, 0) is 4.79 Å². The fourth-order valence-corrected chi connectivity index (χ4v) is 2.14. The van der Waals surface area contributed by atoms with E-state index in [-0.39, 0.29) is 11.7 Å². The number of Topliss-reactive ketones (excluding diaryl/α,β-unsaturated/α-hetero) is 1. The van der Waals surface area contributed by atoms with E-state index in [1.165, 1.54) is 0 Å². The highest BCUT2D eigenvalue weighted by molar-refractivity contribution is 5.90. The number of hydrogen-bond donors (Lipinski definition) is 1. The van der Waals surface area contributed by atoms with E-state index in [1.807, 2.05) is 0 Å². The molecule has 0 bridgehead atoms. The van der Waals surface area contributed by atoms with Crippen molar-refractivity contribution in [1.82, 2.24) is 0 Å². The van der Waals surface area contributed by atoms with E-state index < -0.39 is 5.60 Å². The summed E-state index contributed by atoms with van der Waals surface area (Å²) in [4.78, 5) is 12.0. The van der Waals surface area contributed by atoms with E-state index in [0.29, 0.717) is 19.3 Å². The molecule has 0 spiro atoms. The molecule has 1 N–H and O–H groups in total. The summed E-state index contributed by atoms with van der Waals surface area (Å²) in [6.07, 6.45) is 4.87. The van der Waals surface area contributed by atoms with Gasteiger partial charge in [0.05, 0.1) is 0 Å². The lowest BCUT2D eigenvalue weighted by Gasteiger charge is -2.33. The number of ketones is 1. The number of carbonyl (C=O) groups excluding carboxylic acids is 1. The maximum Gasteiger partial charge on any atom is 0.168 e. The third-order valence-corrected chi connectivity index (χ3v) is 2.98. The first-order valence-electron chi connectivity index (χ1n) is 5.41. The van der Waals surface area contributed by atoms with E-state index in [0.717, 1.165) is 12.8 Å². The summed E-state index contributed by atoms with van der Waals surface area (Å²) in [6, 6.07) is 0. The Morgan fingerprint density at radius 1 is 1.73 bits per heavy atom. The Balaban J connectivity index is 2.72. The highest BCUT2D eigenvalue weighted by atomic mass is 16.3. The second-order valence-corrected chi connectivity index (χ2v) is 4.11. The summed E-state index contributed by atoms with van der Waals surface area (Å²) >= 11 is 0. The molecular formula is C13H18O2. The second-order valence-electron chi connectivity index (χ2n) is 4.11. The van der Waals surface area contributed by atoms with Crippen molar-refractivity contribution in [3.8, 4) is 11.8 Å². The SMILES string of the molecule is C=CC[C@@]1(O)CCC[C@@H](CC#CC)C1=O. The summed E-state index contributed by atoms with van der Waals surface area (Å²) in [5.41, 5.74) is -1.17. The van der Waals surface area contributed by atoms with Gasteiger partial charge in [0.1, 0.15) is 5.60 Å². The maximum atomic E-state index is 12.0. The molecule has 0 aliphatic heterocycles. The summed E-state index contributed by atoms with van der Waals surface area (Å²) in [5, 5.41) is 10.1. The van der Waals surface area contributed by atoms with Crippen LogP contribution < -0.4 is 0 Å². The lowest BCUT2D eigenvalue weighted by Crippen LogP contribution is -2.45. The molecule has 0 unspecified atom stereocenters. The molecule has 2 atom stereocenters. The van der Waals surface area contributed by atoms with Crippen LogP contribution in [0.4, 0.5) is 0 Å².